The first-order chi connectivity index (χ1) is 11.7. The van der Waals surface area contributed by atoms with Crippen LogP contribution in [0.25, 0.3) is 5.70 Å². The predicted octanol–water partition coefficient (Wildman–Crippen LogP) is 3.86. The molecule has 0 bridgehead atoms. The molecule has 0 radical (unpaired) electrons. The van der Waals surface area contributed by atoms with Gasteiger partial charge in [0.25, 0.3) is 0 Å². The van der Waals surface area contributed by atoms with Crippen LogP contribution in [0.2, 0.25) is 5.02 Å². The number of anilines is 1. The summed E-state index contributed by atoms with van der Waals surface area (Å²) in [6.07, 6.45) is 3.62. The van der Waals surface area contributed by atoms with E-state index in [-0.39, 0.29) is 6.04 Å². The zero-order chi connectivity index (χ0) is 16.5. The van der Waals surface area contributed by atoms with E-state index in [4.69, 9.17) is 16.9 Å². The van der Waals surface area contributed by atoms with Gasteiger partial charge in [-0.3, -0.25) is 0 Å². The fourth-order valence-electron chi connectivity index (χ4n) is 2.72. The molecule has 3 aromatic rings. The van der Waals surface area contributed by atoms with Crippen molar-refractivity contribution in [3.63, 3.8) is 0 Å². The normalized spacial score (nSPS) is 15.8. The largest absolute Gasteiger partial charge is 0.324 e. The average Bonchev–Trinajstić information content (AvgIpc) is 3.10. The molecule has 2 aromatic carbocycles. The van der Waals surface area contributed by atoms with Gasteiger partial charge in [0.15, 0.2) is 0 Å². The molecule has 2 heterocycles. The Labute approximate surface area is 143 Å². The number of aromatic nitrogens is 3. The Hall–Kier alpha value is -3.10. The first kappa shape index (κ1) is 14.5. The van der Waals surface area contributed by atoms with E-state index in [9.17, 15) is 0 Å². The van der Waals surface area contributed by atoms with Crippen molar-refractivity contribution >= 4 is 23.2 Å². The van der Waals surface area contributed by atoms with Crippen molar-refractivity contribution in [3.05, 3.63) is 82.6 Å². The molecule has 5 nitrogen and oxygen atoms in total. The highest BCUT2D eigenvalue weighted by atomic mass is 35.5. The molecule has 0 amide bonds. The van der Waals surface area contributed by atoms with Crippen LogP contribution < -0.4 is 5.32 Å². The zero-order valence-corrected chi connectivity index (χ0v) is 13.3. The number of hydrogen-bond donors (Lipinski definition) is 1. The number of nitriles is 1. The Morgan fingerprint density at radius 3 is 2.54 bits per heavy atom. The highest BCUT2D eigenvalue weighted by Crippen LogP contribution is 2.32. The summed E-state index contributed by atoms with van der Waals surface area (Å²) >= 11 is 5.97. The summed E-state index contributed by atoms with van der Waals surface area (Å²) in [6, 6.07) is 17.2. The molecular weight excluding hydrogens is 322 g/mol. The Balaban J connectivity index is 1.78. The highest BCUT2D eigenvalue weighted by Gasteiger charge is 2.23. The van der Waals surface area contributed by atoms with E-state index in [1.807, 2.05) is 53.2 Å². The molecule has 1 N–H and O–H groups in total. The Morgan fingerprint density at radius 2 is 1.83 bits per heavy atom. The summed E-state index contributed by atoms with van der Waals surface area (Å²) in [7, 11) is 0. The molecule has 0 unspecified atom stereocenters. The molecule has 1 aliphatic rings. The molecule has 116 valence electrons. The summed E-state index contributed by atoms with van der Waals surface area (Å²) in [5, 5.41) is 17.3. The number of nitrogens with one attached hydrogen (secondary N) is 1. The van der Waals surface area contributed by atoms with Gasteiger partial charge in [0, 0.05) is 10.7 Å². The molecule has 0 aliphatic carbocycles. The van der Waals surface area contributed by atoms with E-state index in [0.29, 0.717) is 16.5 Å². The van der Waals surface area contributed by atoms with Crippen molar-refractivity contribution in [2.45, 2.75) is 6.04 Å². The Bertz CT molecular complexity index is 948. The average molecular weight is 334 g/mol. The van der Waals surface area contributed by atoms with Gasteiger partial charge in [-0.05, 0) is 41.5 Å². The molecule has 6 heteroatoms. The molecule has 1 aromatic heterocycles. The van der Waals surface area contributed by atoms with Gasteiger partial charge < -0.3 is 5.32 Å². The summed E-state index contributed by atoms with van der Waals surface area (Å²) in [5.41, 5.74) is 3.64. The van der Waals surface area contributed by atoms with Gasteiger partial charge in [-0.15, -0.1) is 0 Å². The summed E-state index contributed by atoms with van der Waals surface area (Å²) in [6.45, 7) is 0. The van der Waals surface area contributed by atoms with Crippen molar-refractivity contribution in [1.29, 1.82) is 5.26 Å². The minimum absolute atomic E-state index is 0.0952. The standard InChI is InChI=1S/C18H12ClN5/c19-15-7-5-13(6-8-15)16-9-17(24-18(23-16)21-11-22-24)14-3-1-12(10-20)2-4-14/h1-9,11,17H,(H,21,22,23)/t17-/m1/s1. The number of benzene rings is 2. The lowest BCUT2D eigenvalue weighted by atomic mass is 10.0. The minimum Gasteiger partial charge on any atom is -0.324 e. The second kappa shape index (κ2) is 5.84. The fourth-order valence-corrected chi connectivity index (χ4v) is 2.85. The Kier molecular flexibility index (Phi) is 3.52. The van der Waals surface area contributed by atoms with Gasteiger partial charge in [-0.25, -0.2) is 4.68 Å². The van der Waals surface area contributed by atoms with Crippen LogP contribution in [-0.4, -0.2) is 14.8 Å². The third-order valence-electron chi connectivity index (χ3n) is 3.94. The smallest absolute Gasteiger partial charge is 0.226 e. The summed E-state index contributed by atoms with van der Waals surface area (Å²) < 4.78 is 1.82. The minimum atomic E-state index is -0.0952. The van der Waals surface area contributed by atoms with Gasteiger partial charge in [-0.1, -0.05) is 35.9 Å². The molecule has 0 fully saturated rings. The molecule has 24 heavy (non-hydrogen) atoms. The van der Waals surface area contributed by atoms with Crippen molar-refractivity contribution in [1.82, 2.24) is 14.8 Å². The topological polar surface area (TPSA) is 66.5 Å². The Morgan fingerprint density at radius 1 is 1.08 bits per heavy atom. The van der Waals surface area contributed by atoms with Gasteiger partial charge in [0.05, 0.1) is 11.6 Å². The van der Waals surface area contributed by atoms with Crippen molar-refractivity contribution < 1.29 is 0 Å². The molecule has 1 atom stereocenters. The van der Waals surface area contributed by atoms with Crippen LogP contribution in [0.1, 0.15) is 22.7 Å². The van der Waals surface area contributed by atoms with Crippen LogP contribution >= 0.6 is 11.6 Å². The quantitative estimate of drug-likeness (QED) is 0.773. The molecule has 4 rings (SSSR count). The number of rotatable bonds is 2. The van der Waals surface area contributed by atoms with Gasteiger partial charge >= 0.3 is 0 Å². The fraction of sp³-hybridized carbons (Fsp3) is 0.0556. The monoisotopic (exact) mass is 333 g/mol. The lowest BCUT2D eigenvalue weighted by Gasteiger charge is -2.24. The van der Waals surface area contributed by atoms with Gasteiger partial charge in [0.2, 0.25) is 5.95 Å². The number of halogens is 1. The lowest BCUT2D eigenvalue weighted by molar-refractivity contribution is 0.612. The molecule has 1 aliphatic heterocycles. The van der Waals surface area contributed by atoms with Crippen LogP contribution in [0.3, 0.4) is 0 Å². The number of allylic oxidation sites excluding steroid dienone is 1. The maximum atomic E-state index is 8.97. The first-order valence-electron chi connectivity index (χ1n) is 7.39. The van der Waals surface area contributed by atoms with E-state index >= 15 is 0 Å². The van der Waals surface area contributed by atoms with Crippen LogP contribution in [0.5, 0.6) is 0 Å². The molecular formula is C18H12ClN5. The van der Waals surface area contributed by atoms with E-state index < -0.39 is 0 Å². The van der Waals surface area contributed by atoms with Gasteiger partial charge in [0.1, 0.15) is 12.4 Å². The number of hydrogen-bond acceptors (Lipinski definition) is 4. The molecule has 0 spiro atoms. The van der Waals surface area contributed by atoms with E-state index in [1.165, 1.54) is 6.33 Å². The summed E-state index contributed by atoms with van der Waals surface area (Å²) in [5.74, 6) is 0.678. The molecule has 0 saturated heterocycles. The molecule has 0 saturated carbocycles. The lowest BCUT2D eigenvalue weighted by Crippen LogP contribution is -2.20. The first-order valence-corrected chi connectivity index (χ1v) is 7.77. The van der Waals surface area contributed by atoms with E-state index in [0.717, 1.165) is 16.8 Å². The maximum Gasteiger partial charge on any atom is 0.226 e. The highest BCUT2D eigenvalue weighted by molar-refractivity contribution is 6.30. The van der Waals surface area contributed by atoms with Crippen LogP contribution in [0.4, 0.5) is 5.95 Å². The van der Waals surface area contributed by atoms with E-state index in [1.54, 1.807) is 0 Å². The van der Waals surface area contributed by atoms with Crippen LogP contribution in [-0.2, 0) is 0 Å². The van der Waals surface area contributed by atoms with Crippen LogP contribution in [0.15, 0.2) is 60.9 Å². The van der Waals surface area contributed by atoms with Crippen molar-refractivity contribution in [3.8, 4) is 6.07 Å². The number of fused-ring (bicyclic) bond motifs is 1. The summed E-state index contributed by atoms with van der Waals surface area (Å²) in [4.78, 5) is 4.28. The second-order valence-electron chi connectivity index (χ2n) is 5.42. The zero-order valence-electron chi connectivity index (χ0n) is 12.5. The maximum absolute atomic E-state index is 8.97. The van der Waals surface area contributed by atoms with Gasteiger partial charge in [-0.2, -0.15) is 15.3 Å². The predicted molar refractivity (Wildman–Crippen MR) is 92.4 cm³/mol. The van der Waals surface area contributed by atoms with Crippen LogP contribution in [0, 0.1) is 11.3 Å². The second-order valence-corrected chi connectivity index (χ2v) is 5.86. The number of nitrogens with zero attached hydrogens (tertiary/aromatic N) is 4. The SMILES string of the molecule is N#Cc1ccc([C@H]2C=C(c3ccc(Cl)cc3)Nc3ncnn32)cc1. The van der Waals surface area contributed by atoms with Crippen molar-refractivity contribution in [2.75, 3.05) is 5.32 Å². The van der Waals surface area contributed by atoms with Crippen molar-refractivity contribution in [2.24, 2.45) is 0 Å². The third-order valence-corrected chi connectivity index (χ3v) is 4.20. The third kappa shape index (κ3) is 2.53. The van der Waals surface area contributed by atoms with E-state index in [2.05, 4.69) is 27.5 Å².